The van der Waals surface area contributed by atoms with Crippen molar-refractivity contribution < 1.29 is 0 Å². The van der Waals surface area contributed by atoms with Crippen LogP contribution in [0.1, 0.15) is 48.6 Å². The minimum absolute atomic E-state index is 0.609. The average molecular weight is 253 g/mol. The van der Waals surface area contributed by atoms with Gasteiger partial charge < -0.3 is 4.57 Å². The Bertz CT molecular complexity index is 602. The van der Waals surface area contributed by atoms with Gasteiger partial charge in [-0.2, -0.15) is 0 Å². The second kappa shape index (κ2) is 4.19. The van der Waals surface area contributed by atoms with Crippen LogP contribution in [0, 0.1) is 5.92 Å². The molecule has 3 unspecified atom stereocenters. The Labute approximate surface area is 113 Å². The van der Waals surface area contributed by atoms with Crippen molar-refractivity contribution in [3.05, 3.63) is 47.5 Å². The fourth-order valence-corrected chi connectivity index (χ4v) is 3.85. The van der Waals surface area contributed by atoms with Crippen LogP contribution in [0.3, 0.4) is 0 Å². The molecular formula is C16H19N3. The second-order valence-corrected chi connectivity index (χ2v) is 5.84. The molecule has 0 saturated heterocycles. The summed E-state index contributed by atoms with van der Waals surface area (Å²) in [4.78, 5) is 0. The third-order valence-corrected chi connectivity index (χ3v) is 4.74. The highest BCUT2D eigenvalue weighted by atomic mass is 15.3. The summed E-state index contributed by atoms with van der Waals surface area (Å²) in [6.07, 6.45) is 5.58. The average Bonchev–Trinajstić information content (AvgIpc) is 3.02. The van der Waals surface area contributed by atoms with Crippen LogP contribution in [0.4, 0.5) is 0 Å². The molecule has 3 atom stereocenters. The Kier molecular flexibility index (Phi) is 2.47. The van der Waals surface area contributed by atoms with Gasteiger partial charge in [0.15, 0.2) is 0 Å². The molecule has 1 heterocycles. The first kappa shape index (κ1) is 11.2. The highest BCUT2D eigenvalue weighted by Crippen LogP contribution is 2.64. The predicted octanol–water partition coefficient (Wildman–Crippen LogP) is 3.13. The van der Waals surface area contributed by atoms with Crippen LogP contribution in [0.5, 0.6) is 0 Å². The van der Waals surface area contributed by atoms with Crippen molar-refractivity contribution in [2.24, 2.45) is 5.92 Å². The number of aryl methyl sites for hydroxylation is 2. The molecule has 3 nitrogen and oxygen atoms in total. The zero-order chi connectivity index (χ0) is 12.8. The summed E-state index contributed by atoms with van der Waals surface area (Å²) in [5.41, 5.74) is 3.11. The molecule has 0 spiro atoms. The van der Waals surface area contributed by atoms with Gasteiger partial charge in [0, 0.05) is 12.5 Å². The minimum atomic E-state index is 0.609. The van der Waals surface area contributed by atoms with E-state index in [4.69, 9.17) is 0 Å². The molecule has 2 aliphatic carbocycles. The molecule has 1 aromatic heterocycles. The summed E-state index contributed by atoms with van der Waals surface area (Å²) < 4.78 is 2.26. The van der Waals surface area contributed by atoms with Crippen molar-refractivity contribution in [3.63, 3.8) is 0 Å². The number of hydrogen-bond acceptors (Lipinski definition) is 2. The van der Waals surface area contributed by atoms with E-state index in [0.717, 1.165) is 18.9 Å². The molecule has 0 amide bonds. The van der Waals surface area contributed by atoms with E-state index in [1.165, 1.54) is 18.7 Å². The maximum absolute atomic E-state index is 4.41. The zero-order valence-electron chi connectivity index (χ0n) is 11.3. The molecule has 1 saturated carbocycles. The maximum Gasteiger partial charge on any atom is 0.136 e. The molecule has 0 radical (unpaired) electrons. The van der Waals surface area contributed by atoms with Gasteiger partial charge in [0.1, 0.15) is 12.2 Å². The lowest BCUT2D eigenvalue weighted by atomic mass is 9.92. The van der Waals surface area contributed by atoms with Crippen LogP contribution in [0.25, 0.3) is 0 Å². The lowest BCUT2D eigenvalue weighted by molar-refractivity contribution is 0.613. The molecule has 98 valence electrons. The molecule has 4 rings (SSSR count). The monoisotopic (exact) mass is 253 g/mol. The highest BCUT2D eigenvalue weighted by Gasteiger charge is 2.55. The van der Waals surface area contributed by atoms with E-state index < -0.39 is 0 Å². The Hall–Kier alpha value is -1.64. The predicted molar refractivity (Wildman–Crippen MR) is 74.0 cm³/mol. The van der Waals surface area contributed by atoms with Crippen molar-refractivity contribution in [2.45, 2.75) is 44.6 Å². The van der Waals surface area contributed by atoms with Gasteiger partial charge in [0.2, 0.25) is 0 Å². The molecule has 1 fully saturated rings. The van der Waals surface area contributed by atoms with Crippen LogP contribution >= 0.6 is 0 Å². The van der Waals surface area contributed by atoms with E-state index in [0.29, 0.717) is 11.8 Å². The molecule has 19 heavy (non-hydrogen) atoms. The van der Waals surface area contributed by atoms with Crippen LogP contribution < -0.4 is 0 Å². The Morgan fingerprint density at radius 1 is 1.26 bits per heavy atom. The van der Waals surface area contributed by atoms with Gasteiger partial charge in [0.05, 0.1) is 0 Å². The molecule has 0 bridgehead atoms. The number of fused-ring (bicyclic) bond motifs is 3. The quantitative estimate of drug-likeness (QED) is 0.841. The lowest BCUT2D eigenvalue weighted by Gasteiger charge is -2.13. The smallest absolute Gasteiger partial charge is 0.136 e. The number of rotatable bonds is 3. The summed E-state index contributed by atoms with van der Waals surface area (Å²) >= 11 is 0. The van der Waals surface area contributed by atoms with Gasteiger partial charge >= 0.3 is 0 Å². The van der Waals surface area contributed by atoms with E-state index in [1.807, 2.05) is 6.33 Å². The van der Waals surface area contributed by atoms with E-state index in [9.17, 15) is 0 Å². The fraction of sp³-hybridized carbons (Fsp3) is 0.500. The molecule has 0 aliphatic heterocycles. The van der Waals surface area contributed by atoms with Crippen molar-refractivity contribution >= 4 is 0 Å². The van der Waals surface area contributed by atoms with E-state index in [-0.39, 0.29) is 0 Å². The molecule has 3 heteroatoms. The van der Waals surface area contributed by atoms with Gasteiger partial charge in [-0.05, 0) is 42.2 Å². The van der Waals surface area contributed by atoms with Gasteiger partial charge in [-0.25, -0.2) is 0 Å². The molecular weight excluding hydrogens is 234 g/mol. The van der Waals surface area contributed by atoms with Gasteiger partial charge in [-0.15, -0.1) is 10.2 Å². The van der Waals surface area contributed by atoms with Crippen LogP contribution in [0.15, 0.2) is 30.6 Å². The summed E-state index contributed by atoms with van der Waals surface area (Å²) in [6.45, 7) is 3.25. The zero-order valence-corrected chi connectivity index (χ0v) is 11.3. The van der Waals surface area contributed by atoms with Crippen molar-refractivity contribution in [1.29, 1.82) is 0 Å². The largest absolute Gasteiger partial charge is 0.317 e. The number of nitrogens with zero attached hydrogens (tertiary/aromatic N) is 3. The van der Waals surface area contributed by atoms with Gasteiger partial charge in [-0.3, -0.25) is 0 Å². The topological polar surface area (TPSA) is 30.7 Å². The molecule has 2 aliphatic rings. The normalized spacial score (nSPS) is 27.7. The van der Waals surface area contributed by atoms with E-state index in [1.54, 1.807) is 11.1 Å². The van der Waals surface area contributed by atoms with Crippen molar-refractivity contribution in [1.82, 2.24) is 14.8 Å². The first-order valence-corrected chi connectivity index (χ1v) is 7.35. The van der Waals surface area contributed by atoms with E-state index in [2.05, 4.69) is 46.0 Å². The van der Waals surface area contributed by atoms with Gasteiger partial charge in [-0.1, -0.05) is 31.2 Å². The first-order chi connectivity index (χ1) is 9.40. The summed E-state index contributed by atoms with van der Waals surface area (Å²) in [6, 6.07) is 8.94. The third kappa shape index (κ3) is 1.64. The summed E-state index contributed by atoms with van der Waals surface area (Å²) in [5, 5.41) is 8.54. The van der Waals surface area contributed by atoms with E-state index >= 15 is 0 Å². The Morgan fingerprint density at radius 3 is 3.05 bits per heavy atom. The SMILES string of the molecule is CCCn1cnnc1C1C2CCc3ccccc3C21. The molecule has 2 aromatic rings. The standard InChI is InChI=1S/C16H19N3/c1-2-9-19-10-17-18-16(19)15-13-8-7-11-5-3-4-6-12(11)14(13)15/h3-6,10,13-15H,2,7-9H2,1H3. The fourth-order valence-electron chi connectivity index (χ4n) is 3.85. The molecule has 0 N–H and O–H groups in total. The van der Waals surface area contributed by atoms with Crippen LogP contribution in [-0.2, 0) is 13.0 Å². The van der Waals surface area contributed by atoms with Crippen molar-refractivity contribution in [2.75, 3.05) is 0 Å². The van der Waals surface area contributed by atoms with Crippen LogP contribution in [-0.4, -0.2) is 14.8 Å². The molecule has 1 aromatic carbocycles. The Balaban J connectivity index is 1.68. The summed E-state index contributed by atoms with van der Waals surface area (Å²) in [7, 11) is 0. The Morgan fingerprint density at radius 2 is 2.16 bits per heavy atom. The second-order valence-electron chi connectivity index (χ2n) is 5.84. The van der Waals surface area contributed by atoms with Crippen molar-refractivity contribution in [3.8, 4) is 0 Å². The number of aromatic nitrogens is 3. The first-order valence-electron chi connectivity index (χ1n) is 7.35. The van der Waals surface area contributed by atoms with Crippen LogP contribution in [0.2, 0.25) is 0 Å². The minimum Gasteiger partial charge on any atom is -0.317 e. The maximum atomic E-state index is 4.41. The highest BCUT2D eigenvalue weighted by molar-refractivity contribution is 5.43. The third-order valence-electron chi connectivity index (χ3n) is 4.74. The lowest BCUT2D eigenvalue weighted by Crippen LogP contribution is -2.02. The number of benzene rings is 1. The van der Waals surface area contributed by atoms with Gasteiger partial charge in [0.25, 0.3) is 0 Å². The summed E-state index contributed by atoms with van der Waals surface area (Å²) in [5.74, 6) is 3.32. The number of hydrogen-bond donors (Lipinski definition) is 0.